The van der Waals surface area contributed by atoms with Crippen LogP contribution in [0, 0.1) is 0 Å². The van der Waals surface area contributed by atoms with E-state index in [1.54, 1.807) is 0 Å². The first-order valence-electron chi connectivity index (χ1n) is 10.5. The quantitative estimate of drug-likeness (QED) is 0.351. The highest BCUT2D eigenvalue weighted by molar-refractivity contribution is 6.02. The fraction of sp³-hybridized carbons (Fsp3) is 0.269. The van der Waals surface area contributed by atoms with E-state index in [1.165, 1.54) is 5.56 Å². The number of para-hydroxylation sites is 1. The van der Waals surface area contributed by atoms with Crippen LogP contribution in [0.5, 0.6) is 5.75 Å². The zero-order chi connectivity index (χ0) is 21.5. The van der Waals surface area contributed by atoms with Gasteiger partial charge in [-0.25, -0.2) is 4.99 Å². The van der Waals surface area contributed by atoms with Crippen molar-refractivity contribution in [1.82, 2.24) is 0 Å². The molecule has 0 spiro atoms. The van der Waals surface area contributed by atoms with E-state index in [0.717, 1.165) is 29.2 Å². The normalized spacial score (nSPS) is 12.6. The van der Waals surface area contributed by atoms with Crippen molar-refractivity contribution in [1.29, 1.82) is 0 Å². The van der Waals surface area contributed by atoms with Gasteiger partial charge >= 0.3 is 0 Å². The second kappa shape index (κ2) is 9.97. The maximum absolute atomic E-state index is 6.50. The molecule has 3 aromatic carbocycles. The van der Waals surface area contributed by atoms with Gasteiger partial charge in [0.15, 0.2) is 0 Å². The van der Waals surface area contributed by atoms with Crippen LogP contribution in [-0.2, 0) is 0 Å². The van der Waals surface area contributed by atoms with Crippen molar-refractivity contribution in [2.45, 2.75) is 46.1 Å². The average Bonchev–Trinajstić information content (AvgIpc) is 2.75. The highest BCUT2D eigenvalue weighted by Crippen LogP contribution is 2.28. The topological polar surface area (TPSA) is 50.8 Å². The summed E-state index contributed by atoms with van der Waals surface area (Å²) in [5.41, 5.74) is 10.5. The van der Waals surface area contributed by atoms with Gasteiger partial charge in [-0.2, -0.15) is 0 Å². The fourth-order valence-electron chi connectivity index (χ4n) is 3.23. The number of rotatable bonds is 7. The van der Waals surface area contributed by atoms with Crippen molar-refractivity contribution in [2.24, 2.45) is 10.7 Å². The summed E-state index contributed by atoms with van der Waals surface area (Å²) in [7, 11) is 0. The van der Waals surface area contributed by atoms with Crippen LogP contribution < -0.4 is 15.4 Å². The SMILES string of the molecule is CCC(C)c1ccc(N=C(N)N(c2ccccc2)c2ccc(OC(C)C)cc2)cc1. The molecule has 0 aliphatic rings. The Morgan fingerprint density at radius 1 is 0.867 bits per heavy atom. The lowest BCUT2D eigenvalue weighted by Gasteiger charge is -2.24. The predicted octanol–water partition coefficient (Wildman–Crippen LogP) is 6.77. The maximum atomic E-state index is 6.50. The van der Waals surface area contributed by atoms with Crippen molar-refractivity contribution in [3.05, 3.63) is 84.4 Å². The number of aliphatic imine (C=N–C) groups is 1. The van der Waals surface area contributed by atoms with Gasteiger partial charge in [0.2, 0.25) is 5.96 Å². The molecular weight excluding hydrogens is 370 g/mol. The lowest BCUT2D eigenvalue weighted by molar-refractivity contribution is 0.242. The maximum Gasteiger partial charge on any atom is 0.205 e. The molecule has 4 nitrogen and oxygen atoms in total. The molecule has 0 aliphatic heterocycles. The average molecular weight is 402 g/mol. The summed E-state index contributed by atoms with van der Waals surface area (Å²) < 4.78 is 5.77. The van der Waals surface area contributed by atoms with Crippen LogP contribution in [0.3, 0.4) is 0 Å². The van der Waals surface area contributed by atoms with Gasteiger partial charge in [-0.3, -0.25) is 4.90 Å². The smallest absolute Gasteiger partial charge is 0.205 e. The molecule has 0 heterocycles. The van der Waals surface area contributed by atoms with Gasteiger partial charge in [-0.15, -0.1) is 0 Å². The lowest BCUT2D eigenvalue weighted by atomic mass is 9.99. The van der Waals surface area contributed by atoms with Crippen LogP contribution in [0.15, 0.2) is 83.9 Å². The third kappa shape index (κ3) is 5.41. The van der Waals surface area contributed by atoms with E-state index in [0.29, 0.717) is 11.9 Å². The summed E-state index contributed by atoms with van der Waals surface area (Å²) in [6.45, 7) is 8.46. The van der Waals surface area contributed by atoms with E-state index in [9.17, 15) is 0 Å². The van der Waals surface area contributed by atoms with E-state index < -0.39 is 0 Å². The van der Waals surface area contributed by atoms with E-state index >= 15 is 0 Å². The number of anilines is 2. The van der Waals surface area contributed by atoms with Crippen LogP contribution in [0.4, 0.5) is 17.1 Å². The fourth-order valence-corrected chi connectivity index (χ4v) is 3.23. The summed E-state index contributed by atoms with van der Waals surface area (Å²) in [5.74, 6) is 1.78. The molecule has 156 valence electrons. The molecule has 2 N–H and O–H groups in total. The molecule has 0 aliphatic carbocycles. The van der Waals surface area contributed by atoms with Gasteiger partial charge in [0.05, 0.1) is 11.8 Å². The largest absolute Gasteiger partial charge is 0.491 e. The Bertz CT molecular complexity index is 948. The first-order valence-corrected chi connectivity index (χ1v) is 10.5. The van der Waals surface area contributed by atoms with E-state index in [2.05, 4.69) is 26.0 Å². The summed E-state index contributed by atoms with van der Waals surface area (Å²) in [4.78, 5) is 6.64. The molecule has 1 unspecified atom stereocenters. The second-order valence-corrected chi connectivity index (χ2v) is 7.70. The molecule has 0 saturated heterocycles. The number of benzene rings is 3. The molecule has 3 aromatic rings. The number of nitrogens with zero attached hydrogens (tertiary/aromatic N) is 2. The Morgan fingerprint density at radius 3 is 2.03 bits per heavy atom. The van der Waals surface area contributed by atoms with Crippen LogP contribution in [-0.4, -0.2) is 12.1 Å². The summed E-state index contributed by atoms with van der Waals surface area (Å²) in [6.07, 6.45) is 1.24. The van der Waals surface area contributed by atoms with Gasteiger partial charge in [-0.05, 0) is 80.3 Å². The summed E-state index contributed by atoms with van der Waals surface area (Å²) >= 11 is 0. The Labute approximate surface area is 180 Å². The Balaban J connectivity index is 1.93. The Morgan fingerprint density at radius 2 is 1.47 bits per heavy atom. The van der Waals surface area contributed by atoms with Crippen LogP contribution >= 0.6 is 0 Å². The molecule has 1 atom stereocenters. The third-order valence-electron chi connectivity index (χ3n) is 5.03. The first kappa shape index (κ1) is 21.4. The van der Waals surface area contributed by atoms with Crippen molar-refractivity contribution >= 4 is 23.0 Å². The standard InChI is InChI=1S/C26H31N3O/c1-5-20(4)21-11-13-22(14-12-21)28-26(27)29(23-9-7-6-8-10-23)24-15-17-25(18-16-24)30-19(2)3/h6-20H,5H2,1-4H3,(H2,27,28). The monoisotopic (exact) mass is 401 g/mol. The van der Waals surface area contributed by atoms with Crippen molar-refractivity contribution in [2.75, 3.05) is 4.90 Å². The zero-order valence-electron chi connectivity index (χ0n) is 18.2. The second-order valence-electron chi connectivity index (χ2n) is 7.70. The third-order valence-corrected chi connectivity index (χ3v) is 5.03. The molecule has 3 rings (SSSR count). The number of hydrogen-bond donors (Lipinski definition) is 1. The highest BCUT2D eigenvalue weighted by Gasteiger charge is 2.14. The Hall–Kier alpha value is -3.27. The molecule has 30 heavy (non-hydrogen) atoms. The highest BCUT2D eigenvalue weighted by atomic mass is 16.5. The van der Waals surface area contributed by atoms with Crippen LogP contribution in [0.25, 0.3) is 0 Å². The zero-order valence-corrected chi connectivity index (χ0v) is 18.2. The van der Waals surface area contributed by atoms with Gasteiger partial charge in [0.25, 0.3) is 0 Å². The van der Waals surface area contributed by atoms with Crippen molar-refractivity contribution in [3.63, 3.8) is 0 Å². The number of hydrogen-bond acceptors (Lipinski definition) is 2. The van der Waals surface area contributed by atoms with E-state index in [4.69, 9.17) is 15.5 Å². The van der Waals surface area contributed by atoms with Gasteiger partial charge < -0.3 is 10.5 Å². The predicted molar refractivity (Wildman–Crippen MR) is 127 cm³/mol. The minimum Gasteiger partial charge on any atom is -0.491 e. The molecule has 0 radical (unpaired) electrons. The minimum absolute atomic E-state index is 0.131. The molecule has 0 fully saturated rings. The number of ether oxygens (including phenoxy) is 1. The van der Waals surface area contributed by atoms with Crippen LogP contribution in [0.1, 0.15) is 45.6 Å². The van der Waals surface area contributed by atoms with E-state index in [1.807, 2.05) is 85.5 Å². The molecule has 0 saturated carbocycles. The van der Waals surface area contributed by atoms with Gasteiger partial charge in [0, 0.05) is 11.4 Å². The van der Waals surface area contributed by atoms with Crippen LogP contribution in [0.2, 0.25) is 0 Å². The van der Waals surface area contributed by atoms with Gasteiger partial charge in [-0.1, -0.05) is 44.2 Å². The minimum atomic E-state index is 0.131. The molecule has 4 heteroatoms. The van der Waals surface area contributed by atoms with Crippen molar-refractivity contribution < 1.29 is 4.74 Å². The number of nitrogens with two attached hydrogens (primary N) is 1. The van der Waals surface area contributed by atoms with Gasteiger partial charge in [0.1, 0.15) is 5.75 Å². The Kier molecular flexibility index (Phi) is 7.12. The first-order chi connectivity index (χ1) is 14.5. The molecule has 0 amide bonds. The molecule has 0 aromatic heterocycles. The molecular formula is C26H31N3O. The van der Waals surface area contributed by atoms with Crippen molar-refractivity contribution in [3.8, 4) is 5.75 Å². The number of guanidine groups is 1. The summed E-state index contributed by atoms with van der Waals surface area (Å²) in [6, 6.07) is 26.2. The lowest BCUT2D eigenvalue weighted by Crippen LogP contribution is -2.33. The molecule has 0 bridgehead atoms. The van der Waals surface area contributed by atoms with E-state index in [-0.39, 0.29) is 6.10 Å². The summed E-state index contributed by atoms with van der Waals surface area (Å²) in [5, 5.41) is 0.